The predicted molar refractivity (Wildman–Crippen MR) is 76.3 cm³/mol. The van der Waals surface area contributed by atoms with Crippen LogP contribution in [0.3, 0.4) is 0 Å². The van der Waals surface area contributed by atoms with Gasteiger partial charge in [-0.2, -0.15) is 0 Å². The van der Waals surface area contributed by atoms with Gasteiger partial charge in [0, 0.05) is 12.6 Å². The van der Waals surface area contributed by atoms with E-state index >= 15 is 0 Å². The zero-order valence-electron chi connectivity index (χ0n) is 12.3. The summed E-state index contributed by atoms with van der Waals surface area (Å²) in [6.45, 7) is 7.34. The van der Waals surface area contributed by atoms with Gasteiger partial charge in [-0.25, -0.2) is 0 Å². The van der Waals surface area contributed by atoms with Gasteiger partial charge in [0.2, 0.25) is 0 Å². The Morgan fingerprint density at radius 3 is 2.32 bits per heavy atom. The molecule has 4 nitrogen and oxygen atoms in total. The van der Waals surface area contributed by atoms with E-state index in [4.69, 9.17) is 0 Å². The average molecular weight is 268 g/mol. The first-order valence-electron chi connectivity index (χ1n) is 7.80. The van der Waals surface area contributed by atoms with Gasteiger partial charge in [0.15, 0.2) is 0 Å². The standard InChI is InChI=1S/C15H28N2O2/c1-3-15(4-2)7-9-17(10-8-15)11-13(14(18)19)16-12-5-6-12/h12-13,16H,3-11H2,1-2H3,(H,18,19). The first-order chi connectivity index (χ1) is 9.08. The number of nitrogens with one attached hydrogen (secondary N) is 1. The molecule has 2 N–H and O–H groups in total. The zero-order valence-corrected chi connectivity index (χ0v) is 12.3. The van der Waals surface area contributed by atoms with Gasteiger partial charge in [-0.05, 0) is 44.2 Å². The van der Waals surface area contributed by atoms with Gasteiger partial charge in [-0.1, -0.05) is 26.7 Å². The van der Waals surface area contributed by atoms with Crippen molar-refractivity contribution in [2.24, 2.45) is 5.41 Å². The number of rotatable bonds is 7. The fraction of sp³-hybridized carbons (Fsp3) is 0.933. The lowest BCUT2D eigenvalue weighted by Gasteiger charge is -2.41. The van der Waals surface area contributed by atoms with E-state index in [0.29, 0.717) is 18.0 Å². The number of nitrogens with zero attached hydrogens (tertiary/aromatic N) is 1. The zero-order chi connectivity index (χ0) is 13.9. The molecule has 1 heterocycles. The van der Waals surface area contributed by atoms with Crippen molar-refractivity contribution in [1.29, 1.82) is 0 Å². The van der Waals surface area contributed by atoms with Crippen LogP contribution in [0, 0.1) is 5.41 Å². The molecule has 4 heteroatoms. The third kappa shape index (κ3) is 3.93. The highest BCUT2D eigenvalue weighted by molar-refractivity contribution is 5.73. The van der Waals surface area contributed by atoms with Gasteiger partial charge in [-0.15, -0.1) is 0 Å². The van der Waals surface area contributed by atoms with Crippen LogP contribution in [0.4, 0.5) is 0 Å². The van der Waals surface area contributed by atoms with E-state index in [1.807, 2.05) is 0 Å². The molecule has 0 aromatic heterocycles. The predicted octanol–water partition coefficient (Wildman–Crippen LogP) is 2.09. The Morgan fingerprint density at radius 1 is 1.32 bits per heavy atom. The van der Waals surface area contributed by atoms with Crippen molar-refractivity contribution in [3.8, 4) is 0 Å². The van der Waals surface area contributed by atoms with E-state index in [0.717, 1.165) is 25.9 Å². The smallest absolute Gasteiger partial charge is 0.322 e. The summed E-state index contributed by atoms with van der Waals surface area (Å²) < 4.78 is 0. The Balaban J connectivity index is 1.81. The second-order valence-electron chi connectivity index (χ2n) is 6.34. The number of carbonyl (C=O) groups is 1. The average Bonchev–Trinajstić information content (AvgIpc) is 3.23. The Morgan fingerprint density at radius 2 is 1.89 bits per heavy atom. The molecule has 2 rings (SSSR count). The highest BCUT2D eigenvalue weighted by Gasteiger charge is 2.34. The van der Waals surface area contributed by atoms with Gasteiger partial charge in [-0.3, -0.25) is 4.79 Å². The van der Waals surface area contributed by atoms with Gasteiger partial charge in [0.1, 0.15) is 6.04 Å². The van der Waals surface area contributed by atoms with E-state index in [1.54, 1.807) is 0 Å². The van der Waals surface area contributed by atoms with Crippen LogP contribution in [0.2, 0.25) is 0 Å². The molecule has 1 unspecified atom stereocenters. The topological polar surface area (TPSA) is 52.6 Å². The second kappa shape index (κ2) is 6.23. The monoisotopic (exact) mass is 268 g/mol. The highest BCUT2D eigenvalue weighted by Crippen LogP contribution is 2.37. The molecule has 0 amide bonds. The molecule has 0 aromatic rings. The minimum atomic E-state index is -0.699. The molecule has 2 aliphatic rings. The van der Waals surface area contributed by atoms with Crippen LogP contribution >= 0.6 is 0 Å². The van der Waals surface area contributed by atoms with E-state index in [9.17, 15) is 9.90 Å². The quantitative estimate of drug-likeness (QED) is 0.742. The summed E-state index contributed by atoms with van der Waals surface area (Å²) in [5, 5.41) is 12.5. The number of aliphatic carboxylic acids is 1. The normalized spacial score (nSPS) is 25.2. The number of carboxylic acids is 1. The third-order valence-corrected chi connectivity index (χ3v) is 5.17. The van der Waals surface area contributed by atoms with E-state index < -0.39 is 5.97 Å². The maximum absolute atomic E-state index is 11.3. The summed E-state index contributed by atoms with van der Waals surface area (Å²) in [6.07, 6.45) is 7.21. The molecular weight excluding hydrogens is 240 g/mol. The Bertz CT molecular complexity index is 301. The number of hydrogen-bond donors (Lipinski definition) is 2. The molecule has 2 fully saturated rings. The van der Waals surface area contributed by atoms with Crippen molar-refractivity contribution in [3.05, 3.63) is 0 Å². The fourth-order valence-electron chi connectivity index (χ4n) is 3.16. The summed E-state index contributed by atoms with van der Waals surface area (Å²) >= 11 is 0. The molecule has 0 bridgehead atoms. The number of carboxylic acid groups (broad SMARTS) is 1. The maximum atomic E-state index is 11.3. The third-order valence-electron chi connectivity index (χ3n) is 5.17. The Kier molecular flexibility index (Phi) is 4.85. The lowest BCUT2D eigenvalue weighted by molar-refractivity contribution is -0.140. The molecule has 1 aliphatic heterocycles. The minimum Gasteiger partial charge on any atom is -0.480 e. The van der Waals surface area contributed by atoms with Crippen molar-refractivity contribution < 1.29 is 9.90 Å². The second-order valence-corrected chi connectivity index (χ2v) is 6.34. The first-order valence-corrected chi connectivity index (χ1v) is 7.80. The SMILES string of the molecule is CCC1(CC)CCN(CC(NC2CC2)C(=O)O)CC1. The molecule has 19 heavy (non-hydrogen) atoms. The summed E-state index contributed by atoms with van der Waals surface area (Å²) in [5.41, 5.74) is 0.513. The highest BCUT2D eigenvalue weighted by atomic mass is 16.4. The molecule has 110 valence electrons. The van der Waals surface area contributed by atoms with E-state index in [-0.39, 0.29) is 6.04 Å². The van der Waals surface area contributed by atoms with Crippen molar-refractivity contribution >= 4 is 5.97 Å². The van der Waals surface area contributed by atoms with Crippen molar-refractivity contribution in [3.63, 3.8) is 0 Å². The molecule has 0 spiro atoms. The molecule has 1 atom stereocenters. The molecule has 0 radical (unpaired) electrons. The van der Waals surface area contributed by atoms with Crippen LogP contribution in [-0.4, -0.2) is 47.7 Å². The van der Waals surface area contributed by atoms with Crippen molar-refractivity contribution in [2.45, 2.75) is 64.5 Å². The van der Waals surface area contributed by atoms with Gasteiger partial charge < -0.3 is 15.3 Å². The van der Waals surface area contributed by atoms with Crippen molar-refractivity contribution in [1.82, 2.24) is 10.2 Å². The fourth-order valence-corrected chi connectivity index (χ4v) is 3.16. The Hall–Kier alpha value is -0.610. The van der Waals surface area contributed by atoms with Gasteiger partial charge in [0.05, 0.1) is 0 Å². The Labute approximate surface area is 116 Å². The summed E-state index contributed by atoms with van der Waals surface area (Å²) in [5.74, 6) is -0.699. The molecule has 1 saturated carbocycles. The molecule has 1 aliphatic carbocycles. The lowest BCUT2D eigenvalue weighted by atomic mass is 9.74. The van der Waals surface area contributed by atoms with Crippen LogP contribution < -0.4 is 5.32 Å². The first kappa shape index (κ1) is 14.8. The number of piperidine rings is 1. The van der Waals surface area contributed by atoms with Gasteiger partial charge >= 0.3 is 5.97 Å². The van der Waals surface area contributed by atoms with Crippen molar-refractivity contribution in [2.75, 3.05) is 19.6 Å². The largest absolute Gasteiger partial charge is 0.480 e. The van der Waals surface area contributed by atoms with Crippen LogP contribution in [0.15, 0.2) is 0 Å². The number of hydrogen-bond acceptors (Lipinski definition) is 3. The van der Waals surface area contributed by atoms with Crippen LogP contribution in [0.1, 0.15) is 52.4 Å². The van der Waals surface area contributed by atoms with Crippen LogP contribution in [-0.2, 0) is 4.79 Å². The molecule has 0 aromatic carbocycles. The van der Waals surface area contributed by atoms with Crippen LogP contribution in [0.25, 0.3) is 0 Å². The number of likely N-dealkylation sites (tertiary alicyclic amines) is 1. The minimum absolute atomic E-state index is 0.386. The summed E-state index contributed by atoms with van der Waals surface area (Å²) in [6, 6.07) is 0.0690. The molecule has 1 saturated heterocycles. The van der Waals surface area contributed by atoms with E-state index in [2.05, 4.69) is 24.1 Å². The summed E-state index contributed by atoms with van der Waals surface area (Å²) in [7, 11) is 0. The lowest BCUT2D eigenvalue weighted by Crippen LogP contribution is -2.50. The summed E-state index contributed by atoms with van der Waals surface area (Å²) in [4.78, 5) is 13.6. The molecular formula is C15H28N2O2. The maximum Gasteiger partial charge on any atom is 0.322 e. The van der Waals surface area contributed by atoms with E-state index in [1.165, 1.54) is 25.7 Å². The van der Waals surface area contributed by atoms with Gasteiger partial charge in [0.25, 0.3) is 0 Å². The van der Waals surface area contributed by atoms with Crippen LogP contribution in [0.5, 0.6) is 0 Å².